The molecular formula is C21H22F2N2O3. The average Bonchev–Trinajstić information content (AvgIpc) is 2.64. The van der Waals surface area contributed by atoms with Gasteiger partial charge in [0, 0.05) is 25.3 Å². The predicted molar refractivity (Wildman–Crippen MR) is 99.5 cm³/mol. The molecule has 0 fully saturated rings. The summed E-state index contributed by atoms with van der Waals surface area (Å²) >= 11 is 0. The van der Waals surface area contributed by atoms with Crippen LogP contribution in [0.5, 0.6) is 5.75 Å². The van der Waals surface area contributed by atoms with E-state index < -0.39 is 29.2 Å². The molecule has 0 aliphatic carbocycles. The molecule has 2 aromatic carbocycles. The first-order valence-electron chi connectivity index (χ1n) is 8.89. The van der Waals surface area contributed by atoms with Gasteiger partial charge < -0.3 is 14.8 Å². The number of carbonyl (C=O) groups is 1. The van der Waals surface area contributed by atoms with Gasteiger partial charge in [-0.25, -0.2) is 8.78 Å². The number of nitrogens with one attached hydrogen (secondary N) is 1. The van der Waals surface area contributed by atoms with E-state index in [0.717, 1.165) is 17.7 Å². The van der Waals surface area contributed by atoms with Gasteiger partial charge in [-0.05, 0) is 38.5 Å². The number of nitriles is 1. The van der Waals surface area contributed by atoms with Crippen molar-refractivity contribution in [2.75, 3.05) is 6.61 Å². The molecule has 0 bridgehead atoms. The normalized spacial score (nSPS) is 11.8. The molecule has 0 radical (unpaired) electrons. The third kappa shape index (κ3) is 5.51. The second-order valence-electron chi connectivity index (χ2n) is 6.33. The zero-order chi connectivity index (χ0) is 20.7. The SMILES string of the molecule is CCO[C@H](C(=O)NCc1ccc(C#N)cc1)c1c(F)cc(OC(C)C)cc1F. The van der Waals surface area contributed by atoms with Crippen molar-refractivity contribution in [1.82, 2.24) is 5.32 Å². The molecule has 1 amide bonds. The Morgan fingerprint density at radius 3 is 2.29 bits per heavy atom. The van der Waals surface area contributed by atoms with Crippen LogP contribution in [0.1, 0.15) is 43.6 Å². The van der Waals surface area contributed by atoms with Gasteiger partial charge in [0.25, 0.3) is 5.91 Å². The van der Waals surface area contributed by atoms with Gasteiger partial charge in [0.15, 0.2) is 6.10 Å². The lowest BCUT2D eigenvalue weighted by Crippen LogP contribution is -2.31. The minimum atomic E-state index is -1.43. The third-order valence-corrected chi connectivity index (χ3v) is 3.81. The number of hydrogen-bond donors (Lipinski definition) is 1. The van der Waals surface area contributed by atoms with Crippen LogP contribution in [0.2, 0.25) is 0 Å². The highest BCUT2D eigenvalue weighted by Crippen LogP contribution is 2.29. The molecule has 0 aliphatic rings. The van der Waals surface area contributed by atoms with E-state index >= 15 is 0 Å². The lowest BCUT2D eigenvalue weighted by atomic mass is 10.1. The molecule has 2 aromatic rings. The summed E-state index contributed by atoms with van der Waals surface area (Å²) in [7, 11) is 0. The van der Waals surface area contributed by atoms with E-state index in [1.54, 1.807) is 45.0 Å². The lowest BCUT2D eigenvalue weighted by molar-refractivity contribution is -0.133. The summed E-state index contributed by atoms with van der Waals surface area (Å²) in [5.74, 6) is -2.45. The van der Waals surface area contributed by atoms with Crippen molar-refractivity contribution >= 4 is 5.91 Å². The van der Waals surface area contributed by atoms with Crippen LogP contribution in [-0.2, 0) is 16.1 Å². The molecule has 7 heteroatoms. The average molecular weight is 388 g/mol. The quantitative estimate of drug-likeness (QED) is 0.742. The summed E-state index contributed by atoms with van der Waals surface area (Å²) in [6, 6.07) is 10.7. The van der Waals surface area contributed by atoms with E-state index in [-0.39, 0.29) is 25.0 Å². The molecule has 0 unspecified atom stereocenters. The van der Waals surface area contributed by atoms with Gasteiger partial charge in [-0.15, -0.1) is 0 Å². The first kappa shape index (κ1) is 21.3. The largest absolute Gasteiger partial charge is 0.491 e. The Hall–Kier alpha value is -2.98. The van der Waals surface area contributed by atoms with E-state index in [2.05, 4.69) is 5.32 Å². The van der Waals surface area contributed by atoms with E-state index in [0.29, 0.717) is 5.56 Å². The maximum absolute atomic E-state index is 14.5. The molecule has 1 atom stereocenters. The highest BCUT2D eigenvalue weighted by atomic mass is 19.1. The monoisotopic (exact) mass is 388 g/mol. The molecular weight excluding hydrogens is 366 g/mol. The standard InChI is InChI=1S/C21H22F2N2O3/c1-4-27-20(19-17(22)9-16(10-18(19)23)28-13(2)3)21(26)25-12-15-7-5-14(11-24)6-8-15/h5-10,13,20H,4,12H2,1-3H3,(H,25,26)/t20-/m0/s1. The third-order valence-electron chi connectivity index (χ3n) is 3.81. The number of hydrogen-bond acceptors (Lipinski definition) is 4. The smallest absolute Gasteiger partial charge is 0.254 e. The minimum absolute atomic E-state index is 0.0435. The highest BCUT2D eigenvalue weighted by molar-refractivity contribution is 5.82. The summed E-state index contributed by atoms with van der Waals surface area (Å²) in [6.07, 6.45) is -1.68. The topological polar surface area (TPSA) is 71.3 Å². The van der Waals surface area contributed by atoms with Crippen molar-refractivity contribution in [3.05, 3.63) is 64.7 Å². The zero-order valence-corrected chi connectivity index (χ0v) is 16.0. The van der Waals surface area contributed by atoms with Crippen LogP contribution in [0.25, 0.3) is 0 Å². The van der Waals surface area contributed by atoms with Crippen LogP contribution in [-0.4, -0.2) is 18.6 Å². The maximum atomic E-state index is 14.5. The van der Waals surface area contributed by atoms with E-state index in [1.807, 2.05) is 6.07 Å². The molecule has 148 valence electrons. The van der Waals surface area contributed by atoms with Crippen molar-refractivity contribution in [3.63, 3.8) is 0 Å². The van der Waals surface area contributed by atoms with E-state index in [1.165, 1.54) is 0 Å². The van der Waals surface area contributed by atoms with Gasteiger partial charge in [-0.3, -0.25) is 4.79 Å². The summed E-state index contributed by atoms with van der Waals surface area (Å²) < 4.78 is 39.7. The van der Waals surface area contributed by atoms with Gasteiger partial charge in [0.1, 0.15) is 17.4 Å². The molecule has 1 N–H and O–H groups in total. The van der Waals surface area contributed by atoms with Gasteiger partial charge in [0.2, 0.25) is 0 Å². The Balaban J connectivity index is 2.19. The van der Waals surface area contributed by atoms with Crippen molar-refractivity contribution in [1.29, 1.82) is 5.26 Å². The van der Waals surface area contributed by atoms with Crippen LogP contribution >= 0.6 is 0 Å². The minimum Gasteiger partial charge on any atom is -0.491 e. The van der Waals surface area contributed by atoms with Crippen LogP contribution in [0.3, 0.4) is 0 Å². The molecule has 0 heterocycles. The van der Waals surface area contributed by atoms with Crippen molar-refractivity contribution in [2.45, 2.75) is 39.5 Å². The van der Waals surface area contributed by atoms with Gasteiger partial charge in [0.05, 0.1) is 23.3 Å². The summed E-state index contributed by atoms with van der Waals surface area (Å²) in [6.45, 7) is 5.34. The fourth-order valence-electron chi connectivity index (χ4n) is 2.59. The predicted octanol–water partition coefficient (Wildman–Crippen LogP) is 4.02. The van der Waals surface area contributed by atoms with E-state index in [9.17, 15) is 13.6 Å². The van der Waals surface area contributed by atoms with Crippen LogP contribution in [0, 0.1) is 23.0 Å². The number of amides is 1. The zero-order valence-electron chi connectivity index (χ0n) is 16.0. The van der Waals surface area contributed by atoms with Crippen LogP contribution < -0.4 is 10.1 Å². The molecule has 0 aliphatic heterocycles. The molecule has 2 rings (SSSR count). The second-order valence-corrected chi connectivity index (χ2v) is 6.33. The maximum Gasteiger partial charge on any atom is 0.254 e. The molecule has 0 saturated heterocycles. The molecule has 28 heavy (non-hydrogen) atoms. The van der Waals surface area contributed by atoms with Crippen molar-refractivity contribution < 1.29 is 23.0 Å². The summed E-state index contributed by atoms with van der Waals surface area (Å²) in [4.78, 5) is 12.5. The summed E-state index contributed by atoms with van der Waals surface area (Å²) in [5.41, 5.74) is 0.773. The van der Waals surface area contributed by atoms with E-state index in [4.69, 9.17) is 14.7 Å². The van der Waals surface area contributed by atoms with Gasteiger partial charge >= 0.3 is 0 Å². The van der Waals surface area contributed by atoms with Gasteiger partial charge in [-0.2, -0.15) is 5.26 Å². The fraction of sp³-hybridized carbons (Fsp3) is 0.333. The van der Waals surface area contributed by atoms with Crippen LogP contribution in [0.4, 0.5) is 8.78 Å². The van der Waals surface area contributed by atoms with Crippen molar-refractivity contribution in [2.24, 2.45) is 0 Å². The first-order valence-corrected chi connectivity index (χ1v) is 8.89. The molecule has 0 saturated carbocycles. The number of benzene rings is 2. The number of carbonyl (C=O) groups excluding carboxylic acids is 1. The van der Waals surface area contributed by atoms with Crippen LogP contribution in [0.15, 0.2) is 36.4 Å². The Bertz CT molecular complexity index is 838. The Labute approximate surface area is 162 Å². The van der Waals surface area contributed by atoms with Crippen molar-refractivity contribution in [3.8, 4) is 11.8 Å². The molecule has 5 nitrogen and oxygen atoms in total. The second kappa shape index (κ2) is 9.81. The first-order chi connectivity index (χ1) is 13.3. The Kier molecular flexibility index (Phi) is 7.47. The van der Waals surface area contributed by atoms with Gasteiger partial charge in [-0.1, -0.05) is 12.1 Å². The summed E-state index contributed by atoms with van der Waals surface area (Å²) in [5, 5.41) is 11.4. The lowest BCUT2D eigenvalue weighted by Gasteiger charge is -2.19. The Morgan fingerprint density at radius 1 is 1.18 bits per heavy atom. The number of rotatable bonds is 8. The Morgan fingerprint density at radius 2 is 1.79 bits per heavy atom. The number of nitrogens with zero attached hydrogens (tertiary/aromatic N) is 1. The number of ether oxygens (including phenoxy) is 2. The number of halogens is 2. The molecule has 0 aromatic heterocycles. The molecule has 0 spiro atoms. The fourth-order valence-corrected chi connectivity index (χ4v) is 2.59. The highest BCUT2D eigenvalue weighted by Gasteiger charge is 2.28.